The Morgan fingerprint density at radius 3 is 2.00 bits per heavy atom. The highest BCUT2D eigenvalue weighted by Crippen LogP contribution is 2.38. The van der Waals surface area contributed by atoms with Crippen LogP contribution in [0, 0.1) is 5.92 Å². The number of carbonyl (C=O) groups excluding carboxylic acids is 1. The third-order valence-corrected chi connectivity index (χ3v) is 4.23. The predicted octanol–water partition coefficient (Wildman–Crippen LogP) is 3.32. The number of rotatable bonds is 9. The minimum atomic E-state index is -0.171. The lowest BCUT2D eigenvalue weighted by Gasteiger charge is -2.21. The third-order valence-electron chi connectivity index (χ3n) is 4.23. The van der Waals surface area contributed by atoms with Crippen molar-refractivity contribution >= 4 is 5.78 Å². The van der Waals surface area contributed by atoms with Gasteiger partial charge in [-0.1, -0.05) is 30.3 Å². The summed E-state index contributed by atoms with van der Waals surface area (Å²) in [4.78, 5) is 15.3. The molecule has 5 nitrogen and oxygen atoms in total. The molecule has 5 heteroatoms. The van der Waals surface area contributed by atoms with Gasteiger partial charge in [0.05, 0.1) is 21.3 Å². The van der Waals surface area contributed by atoms with Crippen molar-refractivity contribution in [3.63, 3.8) is 0 Å². The van der Waals surface area contributed by atoms with Crippen molar-refractivity contribution in [2.75, 3.05) is 42.0 Å². The van der Waals surface area contributed by atoms with Gasteiger partial charge in [-0.05, 0) is 38.2 Å². The van der Waals surface area contributed by atoms with Crippen molar-refractivity contribution < 1.29 is 19.0 Å². The fourth-order valence-electron chi connectivity index (χ4n) is 3.04. The summed E-state index contributed by atoms with van der Waals surface area (Å²) in [6.07, 6.45) is 0.675. The minimum Gasteiger partial charge on any atom is -0.493 e. The molecule has 0 saturated carbocycles. The van der Waals surface area contributed by atoms with Gasteiger partial charge in [-0.25, -0.2) is 0 Å². The number of methoxy groups -OCH3 is 3. The van der Waals surface area contributed by atoms with Crippen LogP contribution in [0.25, 0.3) is 0 Å². The maximum absolute atomic E-state index is 13.2. The van der Waals surface area contributed by atoms with E-state index in [-0.39, 0.29) is 11.7 Å². The zero-order chi connectivity index (χ0) is 19.1. The van der Waals surface area contributed by atoms with E-state index in [1.807, 2.05) is 49.3 Å². The Morgan fingerprint density at radius 1 is 0.962 bits per heavy atom. The maximum Gasteiger partial charge on any atom is 0.203 e. The fourth-order valence-corrected chi connectivity index (χ4v) is 3.04. The Balaban J connectivity index is 2.38. The van der Waals surface area contributed by atoms with Gasteiger partial charge in [-0.15, -0.1) is 0 Å². The van der Waals surface area contributed by atoms with Crippen LogP contribution in [0.1, 0.15) is 15.9 Å². The monoisotopic (exact) mass is 357 g/mol. The second kappa shape index (κ2) is 9.25. The molecular weight excluding hydrogens is 330 g/mol. The van der Waals surface area contributed by atoms with Crippen LogP contribution in [-0.4, -0.2) is 52.7 Å². The third kappa shape index (κ3) is 4.76. The summed E-state index contributed by atoms with van der Waals surface area (Å²) in [5.74, 6) is 1.34. The van der Waals surface area contributed by atoms with E-state index < -0.39 is 0 Å². The van der Waals surface area contributed by atoms with E-state index in [1.165, 1.54) is 0 Å². The molecule has 0 bridgehead atoms. The summed E-state index contributed by atoms with van der Waals surface area (Å²) in [5.41, 5.74) is 1.70. The lowest BCUT2D eigenvalue weighted by Crippen LogP contribution is -2.29. The highest BCUT2D eigenvalue weighted by Gasteiger charge is 2.24. The number of carbonyl (C=O) groups is 1. The smallest absolute Gasteiger partial charge is 0.203 e. The first-order chi connectivity index (χ1) is 12.5. The zero-order valence-corrected chi connectivity index (χ0v) is 16.1. The molecule has 0 amide bonds. The number of hydrogen-bond acceptors (Lipinski definition) is 5. The Hall–Kier alpha value is -2.53. The van der Waals surface area contributed by atoms with E-state index in [4.69, 9.17) is 14.2 Å². The van der Waals surface area contributed by atoms with E-state index in [0.29, 0.717) is 35.8 Å². The number of hydrogen-bond donors (Lipinski definition) is 0. The molecule has 0 radical (unpaired) electrons. The van der Waals surface area contributed by atoms with Crippen LogP contribution >= 0.6 is 0 Å². The Kier molecular flexibility index (Phi) is 7.04. The van der Waals surface area contributed by atoms with Crippen LogP contribution in [0.3, 0.4) is 0 Å². The zero-order valence-electron chi connectivity index (χ0n) is 16.1. The molecule has 2 aromatic rings. The molecule has 2 rings (SSSR count). The summed E-state index contributed by atoms with van der Waals surface area (Å²) in [6.45, 7) is 0.657. The Morgan fingerprint density at radius 2 is 1.54 bits per heavy atom. The van der Waals surface area contributed by atoms with Crippen LogP contribution in [0.4, 0.5) is 0 Å². The first kappa shape index (κ1) is 19.8. The van der Waals surface area contributed by atoms with Crippen LogP contribution in [0.15, 0.2) is 42.5 Å². The molecule has 2 aromatic carbocycles. The van der Waals surface area contributed by atoms with Gasteiger partial charge >= 0.3 is 0 Å². The van der Waals surface area contributed by atoms with Gasteiger partial charge in [0.1, 0.15) is 0 Å². The minimum absolute atomic E-state index is 0.0572. The van der Waals surface area contributed by atoms with Gasteiger partial charge in [0.25, 0.3) is 0 Å². The van der Waals surface area contributed by atoms with Crippen molar-refractivity contribution in [2.45, 2.75) is 6.42 Å². The molecule has 1 atom stereocenters. The van der Waals surface area contributed by atoms with E-state index in [1.54, 1.807) is 33.5 Å². The molecular formula is C21H27NO4. The molecule has 0 aromatic heterocycles. The summed E-state index contributed by atoms with van der Waals surface area (Å²) < 4.78 is 16.1. The molecule has 0 unspecified atom stereocenters. The number of nitrogens with zero attached hydrogens (tertiary/aromatic N) is 1. The molecule has 0 heterocycles. The number of benzene rings is 2. The SMILES string of the molecule is COc1cc(C(=O)[C@@H](Cc2ccccc2)CN(C)C)cc(OC)c1OC. The molecule has 0 aliphatic rings. The normalized spacial score (nSPS) is 11.9. The van der Waals surface area contributed by atoms with Gasteiger partial charge in [0, 0.05) is 18.0 Å². The maximum atomic E-state index is 13.2. The highest BCUT2D eigenvalue weighted by atomic mass is 16.5. The van der Waals surface area contributed by atoms with Crippen molar-refractivity contribution in [2.24, 2.45) is 5.92 Å². The van der Waals surface area contributed by atoms with Crippen LogP contribution in [0.5, 0.6) is 17.2 Å². The van der Waals surface area contributed by atoms with Crippen LogP contribution < -0.4 is 14.2 Å². The first-order valence-corrected chi connectivity index (χ1v) is 8.53. The number of ketones is 1. The van der Waals surface area contributed by atoms with Gasteiger partial charge in [-0.2, -0.15) is 0 Å². The average Bonchev–Trinajstić information content (AvgIpc) is 2.66. The predicted molar refractivity (Wildman–Crippen MR) is 103 cm³/mol. The number of Topliss-reactive ketones (excluding diaryl/α,β-unsaturated/α-hetero) is 1. The van der Waals surface area contributed by atoms with E-state index in [9.17, 15) is 4.79 Å². The van der Waals surface area contributed by atoms with Crippen LogP contribution in [0.2, 0.25) is 0 Å². The standard InChI is InChI=1S/C21H27NO4/c1-22(2)14-17(11-15-9-7-6-8-10-15)20(23)16-12-18(24-3)21(26-5)19(13-16)25-4/h6-10,12-13,17H,11,14H2,1-5H3/t17-/m0/s1. The molecule has 140 valence electrons. The number of ether oxygens (including phenoxy) is 3. The lowest BCUT2D eigenvalue weighted by molar-refractivity contribution is 0.0896. The van der Waals surface area contributed by atoms with Gasteiger partial charge in [-0.3, -0.25) is 4.79 Å². The molecule has 0 aliphatic carbocycles. The quantitative estimate of drug-likeness (QED) is 0.645. The molecule has 0 N–H and O–H groups in total. The van der Waals surface area contributed by atoms with Gasteiger partial charge in [0.15, 0.2) is 17.3 Å². The van der Waals surface area contributed by atoms with E-state index >= 15 is 0 Å². The highest BCUT2D eigenvalue weighted by molar-refractivity contribution is 5.99. The molecule has 0 fully saturated rings. The summed E-state index contributed by atoms with van der Waals surface area (Å²) in [6, 6.07) is 13.5. The summed E-state index contributed by atoms with van der Waals surface area (Å²) >= 11 is 0. The van der Waals surface area contributed by atoms with Crippen molar-refractivity contribution in [3.8, 4) is 17.2 Å². The lowest BCUT2D eigenvalue weighted by atomic mass is 9.90. The van der Waals surface area contributed by atoms with Crippen molar-refractivity contribution in [1.29, 1.82) is 0 Å². The largest absolute Gasteiger partial charge is 0.493 e. The second-order valence-corrected chi connectivity index (χ2v) is 6.43. The Bertz CT molecular complexity index is 703. The van der Waals surface area contributed by atoms with E-state index in [2.05, 4.69) is 0 Å². The van der Waals surface area contributed by atoms with Gasteiger partial charge < -0.3 is 19.1 Å². The summed E-state index contributed by atoms with van der Waals surface area (Å²) in [7, 11) is 8.59. The van der Waals surface area contributed by atoms with Crippen LogP contribution in [-0.2, 0) is 6.42 Å². The molecule has 0 spiro atoms. The van der Waals surface area contributed by atoms with E-state index in [0.717, 1.165) is 5.56 Å². The van der Waals surface area contributed by atoms with Crippen molar-refractivity contribution in [1.82, 2.24) is 4.90 Å². The fraction of sp³-hybridized carbons (Fsp3) is 0.381. The molecule has 0 aliphatic heterocycles. The second-order valence-electron chi connectivity index (χ2n) is 6.43. The first-order valence-electron chi connectivity index (χ1n) is 8.53. The summed E-state index contributed by atoms with van der Waals surface area (Å²) in [5, 5.41) is 0. The average molecular weight is 357 g/mol. The molecule has 26 heavy (non-hydrogen) atoms. The topological polar surface area (TPSA) is 48.0 Å². The molecule has 0 saturated heterocycles. The van der Waals surface area contributed by atoms with Crippen molar-refractivity contribution in [3.05, 3.63) is 53.6 Å². The van der Waals surface area contributed by atoms with Gasteiger partial charge in [0.2, 0.25) is 5.75 Å². The Labute approximate surface area is 155 Å².